The number of anilines is 1. The smallest absolute Gasteiger partial charge is 0.0994 e. The number of hydrogen-bond donors (Lipinski definition) is 2. The Morgan fingerprint density at radius 2 is 2.23 bits per heavy atom. The van der Waals surface area contributed by atoms with Crippen molar-refractivity contribution < 1.29 is 0 Å². The maximum Gasteiger partial charge on any atom is 0.0994 e. The SMILES string of the molecule is C[C@@H](N)Cc1cc(N)ccc1C#N. The molecule has 0 aromatic heterocycles. The van der Waals surface area contributed by atoms with Gasteiger partial charge in [0, 0.05) is 11.7 Å². The number of benzene rings is 1. The molecule has 1 rings (SSSR count). The Morgan fingerprint density at radius 1 is 1.54 bits per heavy atom. The highest BCUT2D eigenvalue weighted by Crippen LogP contribution is 2.14. The van der Waals surface area contributed by atoms with Gasteiger partial charge in [-0.25, -0.2) is 0 Å². The molecule has 0 amide bonds. The van der Waals surface area contributed by atoms with Gasteiger partial charge in [0.05, 0.1) is 11.6 Å². The summed E-state index contributed by atoms with van der Waals surface area (Å²) in [7, 11) is 0. The second-order valence-corrected chi connectivity index (χ2v) is 3.21. The molecule has 0 aliphatic heterocycles. The van der Waals surface area contributed by atoms with E-state index in [1.165, 1.54) is 0 Å². The van der Waals surface area contributed by atoms with E-state index in [-0.39, 0.29) is 6.04 Å². The zero-order valence-electron chi connectivity index (χ0n) is 7.62. The second-order valence-electron chi connectivity index (χ2n) is 3.21. The maximum absolute atomic E-state index is 8.79. The van der Waals surface area contributed by atoms with Crippen molar-refractivity contribution in [2.45, 2.75) is 19.4 Å². The normalized spacial score (nSPS) is 12.1. The number of nitrogens with zero attached hydrogens (tertiary/aromatic N) is 1. The van der Waals surface area contributed by atoms with Crippen LogP contribution >= 0.6 is 0 Å². The Morgan fingerprint density at radius 3 is 2.77 bits per heavy atom. The Balaban J connectivity index is 3.03. The Labute approximate surface area is 78.0 Å². The zero-order chi connectivity index (χ0) is 9.84. The third kappa shape index (κ3) is 2.46. The van der Waals surface area contributed by atoms with Gasteiger partial charge in [0.2, 0.25) is 0 Å². The molecular formula is C10H13N3. The monoisotopic (exact) mass is 175 g/mol. The average Bonchev–Trinajstić information content (AvgIpc) is 2.03. The van der Waals surface area contributed by atoms with Gasteiger partial charge in [-0.1, -0.05) is 0 Å². The third-order valence-electron chi connectivity index (χ3n) is 1.79. The van der Waals surface area contributed by atoms with Crippen LogP contribution in [0.15, 0.2) is 18.2 Å². The predicted molar refractivity (Wildman–Crippen MR) is 52.9 cm³/mol. The molecule has 3 heteroatoms. The summed E-state index contributed by atoms with van der Waals surface area (Å²) in [4.78, 5) is 0. The topological polar surface area (TPSA) is 75.8 Å². The zero-order valence-corrected chi connectivity index (χ0v) is 7.62. The van der Waals surface area contributed by atoms with Crippen LogP contribution < -0.4 is 11.5 Å². The van der Waals surface area contributed by atoms with Gasteiger partial charge in [0.15, 0.2) is 0 Å². The molecule has 3 nitrogen and oxygen atoms in total. The lowest BCUT2D eigenvalue weighted by Gasteiger charge is -2.07. The fourth-order valence-corrected chi connectivity index (χ4v) is 1.24. The second kappa shape index (κ2) is 3.92. The van der Waals surface area contributed by atoms with Crippen LogP contribution in [0.2, 0.25) is 0 Å². The van der Waals surface area contributed by atoms with E-state index in [0.717, 1.165) is 5.56 Å². The molecule has 0 heterocycles. The fraction of sp³-hybridized carbons (Fsp3) is 0.300. The van der Waals surface area contributed by atoms with Gasteiger partial charge in [-0.3, -0.25) is 0 Å². The summed E-state index contributed by atoms with van der Waals surface area (Å²) in [6.45, 7) is 1.91. The molecule has 1 aromatic rings. The third-order valence-corrected chi connectivity index (χ3v) is 1.79. The Hall–Kier alpha value is -1.53. The molecule has 0 aliphatic rings. The molecule has 1 atom stereocenters. The molecule has 0 saturated carbocycles. The number of nitrogens with two attached hydrogens (primary N) is 2. The van der Waals surface area contributed by atoms with E-state index in [0.29, 0.717) is 17.7 Å². The van der Waals surface area contributed by atoms with Gasteiger partial charge in [0.1, 0.15) is 0 Å². The number of rotatable bonds is 2. The minimum Gasteiger partial charge on any atom is -0.399 e. The van der Waals surface area contributed by atoms with Crippen LogP contribution in [0.3, 0.4) is 0 Å². The first-order valence-electron chi connectivity index (χ1n) is 4.17. The van der Waals surface area contributed by atoms with E-state index in [9.17, 15) is 0 Å². The van der Waals surface area contributed by atoms with Crippen molar-refractivity contribution in [3.8, 4) is 6.07 Å². The highest BCUT2D eigenvalue weighted by molar-refractivity contribution is 5.49. The minimum atomic E-state index is 0.0499. The van der Waals surface area contributed by atoms with Crippen molar-refractivity contribution in [2.75, 3.05) is 5.73 Å². The molecule has 0 radical (unpaired) electrons. The lowest BCUT2D eigenvalue weighted by Crippen LogP contribution is -2.18. The Bertz CT molecular complexity index is 337. The first-order chi connectivity index (χ1) is 6.13. The van der Waals surface area contributed by atoms with Crippen LogP contribution in [0.1, 0.15) is 18.1 Å². The van der Waals surface area contributed by atoms with E-state index >= 15 is 0 Å². The summed E-state index contributed by atoms with van der Waals surface area (Å²) in [6, 6.07) is 7.43. The molecule has 13 heavy (non-hydrogen) atoms. The largest absolute Gasteiger partial charge is 0.399 e. The van der Waals surface area contributed by atoms with Crippen LogP contribution in [0.5, 0.6) is 0 Å². The van der Waals surface area contributed by atoms with Crippen LogP contribution in [0.25, 0.3) is 0 Å². The van der Waals surface area contributed by atoms with Crippen molar-refractivity contribution in [1.82, 2.24) is 0 Å². The quantitative estimate of drug-likeness (QED) is 0.659. The first-order valence-corrected chi connectivity index (χ1v) is 4.17. The standard InChI is InChI=1S/C10H13N3/c1-7(12)4-9-5-10(13)3-2-8(9)6-11/h2-3,5,7H,4,12-13H2,1H3/t7-/m1/s1. The molecule has 4 N–H and O–H groups in total. The highest BCUT2D eigenvalue weighted by Gasteiger charge is 2.04. The number of nitriles is 1. The summed E-state index contributed by atoms with van der Waals surface area (Å²) >= 11 is 0. The van der Waals surface area contributed by atoms with Crippen molar-refractivity contribution in [3.05, 3.63) is 29.3 Å². The summed E-state index contributed by atoms with van der Waals surface area (Å²) in [5, 5.41) is 8.79. The van der Waals surface area contributed by atoms with Gasteiger partial charge in [-0.15, -0.1) is 0 Å². The van der Waals surface area contributed by atoms with Gasteiger partial charge in [-0.05, 0) is 37.1 Å². The summed E-state index contributed by atoms with van der Waals surface area (Å²) in [6.07, 6.45) is 0.688. The average molecular weight is 175 g/mol. The first kappa shape index (κ1) is 9.56. The van der Waals surface area contributed by atoms with Crippen LogP contribution in [-0.4, -0.2) is 6.04 Å². The molecular weight excluding hydrogens is 162 g/mol. The van der Waals surface area contributed by atoms with E-state index in [1.54, 1.807) is 12.1 Å². The fourth-order valence-electron chi connectivity index (χ4n) is 1.24. The van der Waals surface area contributed by atoms with Crippen molar-refractivity contribution in [2.24, 2.45) is 5.73 Å². The number of hydrogen-bond acceptors (Lipinski definition) is 3. The summed E-state index contributed by atoms with van der Waals surface area (Å²) in [5.41, 5.74) is 13.5. The van der Waals surface area contributed by atoms with Crippen molar-refractivity contribution >= 4 is 5.69 Å². The molecule has 68 valence electrons. The summed E-state index contributed by atoms with van der Waals surface area (Å²) < 4.78 is 0. The summed E-state index contributed by atoms with van der Waals surface area (Å²) in [5.74, 6) is 0. The molecule has 0 unspecified atom stereocenters. The number of nitrogen functional groups attached to an aromatic ring is 1. The van der Waals surface area contributed by atoms with Gasteiger partial charge >= 0.3 is 0 Å². The van der Waals surface area contributed by atoms with Gasteiger partial charge in [-0.2, -0.15) is 5.26 Å². The van der Waals surface area contributed by atoms with E-state index in [1.807, 2.05) is 13.0 Å². The molecule has 0 bridgehead atoms. The highest BCUT2D eigenvalue weighted by atomic mass is 14.6. The van der Waals surface area contributed by atoms with E-state index < -0.39 is 0 Å². The molecule has 0 aliphatic carbocycles. The molecule has 1 aromatic carbocycles. The maximum atomic E-state index is 8.79. The van der Waals surface area contributed by atoms with Crippen LogP contribution in [0, 0.1) is 11.3 Å². The van der Waals surface area contributed by atoms with Gasteiger partial charge < -0.3 is 11.5 Å². The molecule has 0 saturated heterocycles. The van der Waals surface area contributed by atoms with E-state index in [2.05, 4.69) is 6.07 Å². The molecule has 0 spiro atoms. The van der Waals surface area contributed by atoms with Gasteiger partial charge in [0.25, 0.3) is 0 Å². The predicted octanol–water partition coefficient (Wildman–Crippen LogP) is 1.03. The lowest BCUT2D eigenvalue weighted by atomic mass is 10.0. The van der Waals surface area contributed by atoms with Crippen LogP contribution in [0.4, 0.5) is 5.69 Å². The molecule has 0 fully saturated rings. The lowest BCUT2D eigenvalue weighted by molar-refractivity contribution is 0.737. The van der Waals surface area contributed by atoms with Crippen molar-refractivity contribution in [3.63, 3.8) is 0 Å². The minimum absolute atomic E-state index is 0.0499. The van der Waals surface area contributed by atoms with Crippen LogP contribution in [-0.2, 0) is 6.42 Å². The van der Waals surface area contributed by atoms with E-state index in [4.69, 9.17) is 16.7 Å². The Kier molecular flexibility index (Phi) is 2.88. The van der Waals surface area contributed by atoms with Crippen molar-refractivity contribution in [1.29, 1.82) is 5.26 Å².